The summed E-state index contributed by atoms with van der Waals surface area (Å²) < 4.78 is 26.3. The summed E-state index contributed by atoms with van der Waals surface area (Å²) in [5.41, 5.74) is 0. The smallest absolute Gasteiger partial charge is 0.214 e. The largest absolute Gasteiger partial charge is 0.314 e. The van der Waals surface area contributed by atoms with Crippen LogP contribution in [-0.4, -0.2) is 54.7 Å². The molecule has 0 spiro atoms. The number of rotatable bonds is 7. The van der Waals surface area contributed by atoms with E-state index in [4.69, 9.17) is 0 Å². The molecule has 1 saturated heterocycles. The van der Waals surface area contributed by atoms with Crippen molar-refractivity contribution in [3.63, 3.8) is 0 Å². The van der Waals surface area contributed by atoms with Crippen LogP contribution in [0.2, 0.25) is 0 Å². The van der Waals surface area contributed by atoms with Gasteiger partial charge in [0.1, 0.15) is 0 Å². The maximum absolute atomic E-state index is 12.3. The van der Waals surface area contributed by atoms with Crippen LogP contribution >= 0.6 is 11.8 Å². The Balaban J connectivity index is 1.70. The fourth-order valence-corrected chi connectivity index (χ4v) is 5.37. The standard InChI is InChI=1S/C13H26N2O2S2/c1-13(2)11-15(8-9-18-13)19(16,17)10-4-3-7-14-12-5-6-12/h12,14H,3-11H2,1-2H3. The first-order valence-electron chi connectivity index (χ1n) is 7.24. The minimum Gasteiger partial charge on any atom is -0.314 e. The van der Waals surface area contributed by atoms with E-state index in [2.05, 4.69) is 19.2 Å². The number of thioether (sulfide) groups is 1. The quantitative estimate of drug-likeness (QED) is 0.727. The van der Waals surface area contributed by atoms with E-state index in [1.807, 2.05) is 11.8 Å². The minimum absolute atomic E-state index is 0.0544. The molecule has 2 rings (SSSR count). The fourth-order valence-electron chi connectivity index (χ4n) is 2.34. The monoisotopic (exact) mass is 306 g/mol. The van der Waals surface area contributed by atoms with Crippen molar-refractivity contribution >= 4 is 21.8 Å². The number of nitrogens with one attached hydrogen (secondary N) is 1. The third-order valence-corrected chi connectivity index (χ3v) is 6.82. The van der Waals surface area contributed by atoms with Crippen molar-refractivity contribution < 1.29 is 8.42 Å². The first-order chi connectivity index (χ1) is 8.89. The zero-order chi connectivity index (χ0) is 13.9. The topological polar surface area (TPSA) is 49.4 Å². The van der Waals surface area contributed by atoms with Crippen LogP contribution in [0.1, 0.15) is 39.5 Å². The van der Waals surface area contributed by atoms with Crippen molar-refractivity contribution in [1.29, 1.82) is 0 Å². The van der Waals surface area contributed by atoms with Crippen LogP contribution in [0.15, 0.2) is 0 Å². The molecule has 6 heteroatoms. The Morgan fingerprint density at radius 2 is 2.05 bits per heavy atom. The summed E-state index contributed by atoms with van der Waals surface area (Å²) in [5, 5.41) is 3.42. The maximum atomic E-state index is 12.3. The first-order valence-corrected chi connectivity index (χ1v) is 9.84. The Morgan fingerprint density at radius 3 is 2.68 bits per heavy atom. The van der Waals surface area contributed by atoms with Crippen LogP contribution in [-0.2, 0) is 10.0 Å². The molecule has 0 radical (unpaired) electrons. The lowest BCUT2D eigenvalue weighted by Gasteiger charge is -2.36. The third kappa shape index (κ3) is 5.25. The van der Waals surface area contributed by atoms with Gasteiger partial charge in [0.05, 0.1) is 5.75 Å². The molecule has 0 amide bonds. The van der Waals surface area contributed by atoms with Gasteiger partial charge in [-0.25, -0.2) is 8.42 Å². The number of unbranched alkanes of at least 4 members (excludes halogenated alkanes) is 1. The van der Waals surface area contributed by atoms with Crippen LogP contribution in [0.3, 0.4) is 0 Å². The summed E-state index contributed by atoms with van der Waals surface area (Å²) in [5.74, 6) is 1.22. The van der Waals surface area contributed by atoms with Gasteiger partial charge < -0.3 is 5.32 Å². The van der Waals surface area contributed by atoms with Crippen LogP contribution in [0, 0.1) is 0 Å². The lowest BCUT2D eigenvalue weighted by molar-refractivity contribution is 0.386. The van der Waals surface area contributed by atoms with E-state index in [0.717, 1.165) is 31.2 Å². The molecule has 2 fully saturated rings. The van der Waals surface area contributed by atoms with Gasteiger partial charge >= 0.3 is 0 Å². The van der Waals surface area contributed by atoms with Crippen LogP contribution in [0.5, 0.6) is 0 Å². The normalized spacial score (nSPS) is 24.5. The van der Waals surface area contributed by atoms with Crippen molar-refractivity contribution in [3.8, 4) is 0 Å². The van der Waals surface area contributed by atoms with Crippen LogP contribution in [0.25, 0.3) is 0 Å². The molecule has 1 aliphatic heterocycles. The van der Waals surface area contributed by atoms with Gasteiger partial charge in [0.2, 0.25) is 10.0 Å². The summed E-state index contributed by atoms with van der Waals surface area (Å²) in [6.07, 6.45) is 4.31. The second-order valence-corrected chi connectivity index (χ2v) is 10.1. The van der Waals surface area contributed by atoms with E-state index in [9.17, 15) is 8.42 Å². The maximum Gasteiger partial charge on any atom is 0.214 e. The zero-order valence-corrected chi connectivity index (χ0v) is 13.7. The van der Waals surface area contributed by atoms with E-state index in [1.54, 1.807) is 4.31 Å². The predicted molar refractivity (Wildman–Crippen MR) is 82.2 cm³/mol. The molecule has 1 aliphatic carbocycles. The first kappa shape index (κ1) is 15.6. The lowest BCUT2D eigenvalue weighted by Crippen LogP contribution is -2.46. The Hall–Kier alpha value is 0.220. The van der Waals surface area contributed by atoms with Crippen molar-refractivity contribution in [1.82, 2.24) is 9.62 Å². The van der Waals surface area contributed by atoms with Gasteiger partial charge in [0.15, 0.2) is 0 Å². The van der Waals surface area contributed by atoms with Gasteiger partial charge in [0, 0.05) is 29.6 Å². The Kier molecular flexibility index (Phi) is 5.20. The molecule has 112 valence electrons. The van der Waals surface area contributed by atoms with Crippen LogP contribution in [0.4, 0.5) is 0 Å². The van der Waals surface area contributed by atoms with Crippen molar-refractivity contribution in [2.45, 2.75) is 50.3 Å². The Bertz CT molecular complexity index is 391. The number of nitrogens with zero attached hydrogens (tertiary/aromatic N) is 1. The molecule has 2 aliphatic rings. The summed E-state index contributed by atoms with van der Waals surface area (Å²) in [6, 6.07) is 0.719. The van der Waals surface area contributed by atoms with E-state index < -0.39 is 10.0 Å². The molecule has 0 atom stereocenters. The Morgan fingerprint density at radius 1 is 1.32 bits per heavy atom. The summed E-state index contributed by atoms with van der Waals surface area (Å²) in [6.45, 7) is 6.54. The van der Waals surface area contributed by atoms with Crippen molar-refractivity contribution in [2.75, 3.05) is 31.1 Å². The summed E-state index contributed by atoms with van der Waals surface area (Å²) >= 11 is 1.87. The van der Waals surface area contributed by atoms with E-state index >= 15 is 0 Å². The van der Waals surface area contributed by atoms with Crippen LogP contribution < -0.4 is 5.32 Å². The van der Waals surface area contributed by atoms with E-state index in [0.29, 0.717) is 18.8 Å². The molecule has 0 aromatic carbocycles. The SMILES string of the molecule is CC1(C)CN(S(=O)(=O)CCCCNC2CC2)CCS1. The lowest BCUT2D eigenvalue weighted by atomic mass is 10.2. The van der Waals surface area contributed by atoms with Gasteiger partial charge in [0.25, 0.3) is 0 Å². The third-order valence-electron chi connectivity index (χ3n) is 3.62. The molecule has 1 N–H and O–H groups in total. The van der Waals surface area contributed by atoms with Gasteiger partial charge in [-0.3, -0.25) is 0 Å². The van der Waals surface area contributed by atoms with E-state index in [-0.39, 0.29) is 4.75 Å². The molecule has 1 heterocycles. The highest BCUT2D eigenvalue weighted by Crippen LogP contribution is 2.30. The molecule has 0 unspecified atom stereocenters. The summed E-state index contributed by atoms with van der Waals surface area (Å²) in [7, 11) is -3.05. The minimum atomic E-state index is -3.05. The zero-order valence-electron chi connectivity index (χ0n) is 12.0. The van der Waals surface area contributed by atoms with Crippen molar-refractivity contribution in [2.24, 2.45) is 0 Å². The van der Waals surface area contributed by atoms with Gasteiger partial charge in [-0.1, -0.05) is 0 Å². The average molecular weight is 306 g/mol. The van der Waals surface area contributed by atoms with Crippen molar-refractivity contribution in [3.05, 3.63) is 0 Å². The second-order valence-electron chi connectivity index (χ2n) is 6.19. The molecule has 0 bridgehead atoms. The highest BCUT2D eigenvalue weighted by molar-refractivity contribution is 8.00. The van der Waals surface area contributed by atoms with Gasteiger partial charge in [-0.05, 0) is 46.1 Å². The molecule has 19 heavy (non-hydrogen) atoms. The highest BCUT2D eigenvalue weighted by atomic mass is 32.2. The molecular formula is C13H26N2O2S2. The highest BCUT2D eigenvalue weighted by Gasteiger charge is 2.33. The average Bonchev–Trinajstić information content (AvgIpc) is 3.11. The summed E-state index contributed by atoms with van der Waals surface area (Å²) in [4.78, 5) is 0. The fraction of sp³-hybridized carbons (Fsp3) is 1.00. The molecule has 0 aromatic rings. The van der Waals surface area contributed by atoms with E-state index in [1.165, 1.54) is 12.8 Å². The predicted octanol–water partition coefficient (Wildman–Crippen LogP) is 1.68. The number of hydrogen-bond acceptors (Lipinski definition) is 4. The van der Waals surface area contributed by atoms with Gasteiger partial charge in [-0.15, -0.1) is 0 Å². The van der Waals surface area contributed by atoms with Gasteiger partial charge in [-0.2, -0.15) is 16.1 Å². The second kappa shape index (κ2) is 6.33. The molecule has 0 aromatic heterocycles. The number of hydrogen-bond donors (Lipinski definition) is 1. The molecular weight excluding hydrogens is 280 g/mol. The Labute approximate surface area is 121 Å². The molecule has 4 nitrogen and oxygen atoms in total. The molecule has 1 saturated carbocycles. The number of sulfonamides is 1.